The number of ketones is 1. The van der Waals surface area contributed by atoms with E-state index in [1.54, 1.807) is 36.4 Å². The van der Waals surface area contributed by atoms with Gasteiger partial charge in [0.2, 0.25) is 0 Å². The molecule has 1 heterocycles. The molecule has 4 rings (SSSR count). The number of piperidine rings is 1. The van der Waals surface area contributed by atoms with Crippen molar-refractivity contribution in [2.75, 3.05) is 23.7 Å². The van der Waals surface area contributed by atoms with Crippen LogP contribution >= 0.6 is 0 Å². The Hall–Kier alpha value is -4.04. The number of rotatable bonds is 8. The van der Waals surface area contributed by atoms with Gasteiger partial charge in [-0.05, 0) is 93.6 Å². The summed E-state index contributed by atoms with van der Waals surface area (Å²) >= 11 is 0. The van der Waals surface area contributed by atoms with Crippen LogP contribution in [0.4, 0.5) is 20.6 Å². The highest BCUT2D eigenvalue weighted by Crippen LogP contribution is 2.29. The minimum atomic E-state index is -1.05. The molecule has 1 fully saturated rings. The molecule has 0 atom stereocenters. The largest absolute Gasteiger partial charge is 0.478 e. The predicted octanol–water partition coefficient (Wildman–Crippen LogP) is 6.13. The average molecular weight is 518 g/mol. The van der Waals surface area contributed by atoms with Gasteiger partial charge in [-0.1, -0.05) is 30.3 Å². The Morgan fingerprint density at radius 3 is 2.37 bits per heavy atom. The van der Waals surface area contributed by atoms with Crippen LogP contribution in [0.3, 0.4) is 0 Å². The number of carboxylic acids is 1. The molecule has 1 aliphatic rings. The second-order valence-electron chi connectivity index (χ2n) is 9.85. The zero-order chi connectivity index (χ0) is 27.2. The summed E-state index contributed by atoms with van der Waals surface area (Å²) in [6.45, 7) is 5.26. The van der Waals surface area contributed by atoms with E-state index in [0.717, 1.165) is 43.5 Å². The first kappa shape index (κ1) is 27.0. The zero-order valence-corrected chi connectivity index (χ0v) is 21.6. The first-order valence-electron chi connectivity index (χ1n) is 12.7. The molecule has 0 aromatic heterocycles. The molecule has 38 heavy (non-hydrogen) atoms. The summed E-state index contributed by atoms with van der Waals surface area (Å²) in [4.78, 5) is 38.9. The Labute approximate surface area is 221 Å². The highest BCUT2D eigenvalue weighted by molar-refractivity contribution is 6.03. The molecular weight excluding hydrogens is 485 g/mol. The van der Waals surface area contributed by atoms with E-state index in [1.165, 1.54) is 19.1 Å². The fourth-order valence-electron chi connectivity index (χ4n) is 4.92. The molecule has 0 spiro atoms. The molecule has 7 nitrogen and oxygen atoms in total. The summed E-state index contributed by atoms with van der Waals surface area (Å²) in [7, 11) is 0. The molecule has 198 valence electrons. The molecule has 3 aromatic carbocycles. The third kappa shape index (κ3) is 6.83. The van der Waals surface area contributed by atoms with Gasteiger partial charge in [-0.15, -0.1) is 0 Å². The lowest BCUT2D eigenvalue weighted by atomic mass is 9.89. The smallest absolute Gasteiger partial charge is 0.336 e. The van der Waals surface area contributed by atoms with Gasteiger partial charge in [-0.3, -0.25) is 9.69 Å². The van der Waals surface area contributed by atoms with E-state index in [2.05, 4.69) is 15.5 Å². The van der Waals surface area contributed by atoms with Crippen LogP contribution in [0.2, 0.25) is 0 Å². The maximum Gasteiger partial charge on any atom is 0.336 e. The number of carbonyl (C=O) groups is 3. The van der Waals surface area contributed by atoms with Crippen LogP contribution in [0.15, 0.2) is 60.7 Å². The number of hydrogen-bond acceptors (Lipinski definition) is 4. The highest BCUT2D eigenvalue weighted by Gasteiger charge is 2.24. The van der Waals surface area contributed by atoms with Crippen LogP contribution in [0.1, 0.15) is 57.2 Å². The van der Waals surface area contributed by atoms with Crippen molar-refractivity contribution in [1.29, 1.82) is 0 Å². The van der Waals surface area contributed by atoms with Gasteiger partial charge in [0, 0.05) is 23.4 Å². The van der Waals surface area contributed by atoms with Gasteiger partial charge in [-0.2, -0.15) is 0 Å². The number of hydrogen-bond donors (Lipinski definition) is 3. The van der Waals surface area contributed by atoms with Gasteiger partial charge in [-0.25, -0.2) is 14.0 Å². The molecule has 2 amide bonds. The van der Waals surface area contributed by atoms with Gasteiger partial charge >= 0.3 is 12.0 Å². The summed E-state index contributed by atoms with van der Waals surface area (Å²) in [5, 5.41) is 15.5. The summed E-state index contributed by atoms with van der Waals surface area (Å²) in [5.41, 5.74) is 3.99. The molecule has 0 saturated carbocycles. The maximum absolute atomic E-state index is 13.2. The van der Waals surface area contributed by atoms with Crippen LogP contribution in [-0.2, 0) is 13.0 Å². The Kier molecular flexibility index (Phi) is 8.53. The topological polar surface area (TPSA) is 98.7 Å². The lowest BCUT2D eigenvalue weighted by molar-refractivity contribution is 0.0693. The molecule has 0 bridgehead atoms. The average Bonchev–Trinajstić information content (AvgIpc) is 2.88. The number of aromatic carboxylic acids is 1. The van der Waals surface area contributed by atoms with Crippen molar-refractivity contribution in [3.63, 3.8) is 0 Å². The van der Waals surface area contributed by atoms with Gasteiger partial charge in [0.15, 0.2) is 5.78 Å². The zero-order valence-electron chi connectivity index (χ0n) is 21.6. The quantitative estimate of drug-likeness (QED) is 0.312. The SMILES string of the molecule is CC(=O)c1cccc(NC(=O)Nc2c(C)ccc(C(=O)O)c2CN2CCC(Cc3ccc(F)cc3)CC2)c1. The van der Waals surface area contributed by atoms with E-state index in [0.29, 0.717) is 35.0 Å². The van der Waals surface area contributed by atoms with Crippen molar-refractivity contribution in [3.8, 4) is 0 Å². The number of aryl methyl sites for hydroxylation is 1. The van der Waals surface area contributed by atoms with E-state index >= 15 is 0 Å². The second-order valence-corrected chi connectivity index (χ2v) is 9.85. The van der Waals surface area contributed by atoms with Crippen LogP contribution in [-0.4, -0.2) is 40.9 Å². The first-order valence-corrected chi connectivity index (χ1v) is 12.7. The number of nitrogens with one attached hydrogen (secondary N) is 2. The molecule has 3 aromatic rings. The molecule has 0 radical (unpaired) electrons. The van der Waals surface area contributed by atoms with Gasteiger partial charge in [0.1, 0.15) is 5.82 Å². The van der Waals surface area contributed by atoms with Crippen molar-refractivity contribution in [2.24, 2.45) is 5.92 Å². The summed E-state index contributed by atoms with van der Waals surface area (Å²) < 4.78 is 13.2. The molecule has 1 saturated heterocycles. The Bertz CT molecular complexity index is 1330. The van der Waals surface area contributed by atoms with Crippen LogP contribution in [0.25, 0.3) is 0 Å². The van der Waals surface area contributed by atoms with E-state index < -0.39 is 12.0 Å². The van der Waals surface area contributed by atoms with Gasteiger partial charge < -0.3 is 15.7 Å². The molecule has 0 aliphatic carbocycles. The normalized spacial score (nSPS) is 14.2. The van der Waals surface area contributed by atoms with Crippen LogP contribution in [0, 0.1) is 18.7 Å². The van der Waals surface area contributed by atoms with E-state index in [1.807, 2.05) is 19.1 Å². The number of urea groups is 1. The number of Topliss-reactive ketones (excluding diaryl/α,β-unsaturated/α-hetero) is 1. The Morgan fingerprint density at radius 1 is 1.00 bits per heavy atom. The predicted molar refractivity (Wildman–Crippen MR) is 145 cm³/mol. The minimum absolute atomic E-state index is 0.109. The van der Waals surface area contributed by atoms with Crippen LogP contribution in [0.5, 0.6) is 0 Å². The van der Waals surface area contributed by atoms with E-state index in [-0.39, 0.29) is 17.2 Å². The van der Waals surface area contributed by atoms with Crippen molar-refractivity contribution < 1.29 is 23.9 Å². The van der Waals surface area contributed by atoms with E-state index in [9.17, 15) is 23.9 Å². The van der Waals surface area contributed by atoms with Crippen molar-refractivity contribution in [1.82, 2.24) is 4.90 Å². The van der Waals surface area contributed by atoms with Gasteiger partial charge in [0.05, 0.1) is 11.3 Å². The number of carboxylic acid groups (broad SMARTS) is 1. The lowest BCUT2D eigenvalue weighted by Crippen LogP contribution is -2.35. The number of halogens is 1. The van der Waals surface area contributed by atoms with Crippen molar-refractivity contribution >= 4 is 29.2 Å². The number of anilines is 2. The Balaban J connectivity index is 1.46. The third-order valence-corrected chi connectivity index (χ3v) is 7.04. The fourth-order valence-corrected chi connectivity index (χ4v) is 4.92. The third-order valence-electron chi connectivity index (χ3n) is 7.04. The monoisotopic (exact) mass is 517 g/mol. The standard InChI is InChI=1S/C30H32FN3O4/c1-19-6-11-26(29(36)37)27(28(19)33-30(38)32-25-5-3-4-23(17-25)20(2)35)18-34-14-12-22(13-15-34)16-21-7-9-24(31)10-8-21/h3-11,17,22H,12-16,18H2,1-2H3,(H,36,37)(H2,32,33,38). The molecule has 8 heteroatoms. The number of amides is 2. The lowest BCUT2D eigenvalue weighted by Gasteiger charge is -2.33. The number of carbonyl (C=O) groups excluding carboxylic acids is 2. The van der Waals surface area contributed by atoms with Crippen molar-refractivity contribution in [2.45, 2.75) is 39.7 Å². The maximum atomic E-state index is 13.2. The first-order chi connectivity index (χ1) is 18.2. The molecule has 0 unspecified atom stereocenters. The number of benzene rings is 3. The molecular formula is C30H32FN3O4. The number of likely N-dealkylation sites (tertiary alicyclic amines) is 1. The Morgan fingerprint density at radius 2 is 1.71 bits per heavy atom. The summed E-state index contributed by atoms with van der Waals surface area (Å²) in [6, 6.07) is 16.0. The molecule has 1 aliphatic heterocycles. The minimum Gasteiger partial charge on any atom is -0.478 e. The second kappa shape index (κ2) is 12.0. The molecule has 3 N–H and O–H groups in total. The van der Waals surface area contributed by atoms with Gasteiger partial charge in [0.25, 0.3) is 0 Å². The number of nitrogens with zero attached hydrogens (tertiary/aromatic N) is 1. The summed E-state index contributed by atoms with van der Waals surface area (Å²) in [6.07, 6.45) is 2.78. The van der Waals surface area contributed by atoms with Crippen molar-refractivity contribution in [3.05, 3.63) is 94.3 Å². The highest BCUT2D eigenvalue weighted by atomic mass is 19.1. The van der Waals surface area contributed by atoms with Crippen LogP contribution < -0.4 is 10.6 Å². The fraction of sp³-hybridized carbons (Fsp3) is 0.300. The van der Waals surface area contributed by atoms with E-state index in [4.69, 9.17) is 0 Å². The summed E-state index contributed by atoms with van der Waals surface area (Å²) in [5.74, 6) is -0.924.